The molecule has 1 aromatic heterocycles. The summed E-state index contributed by atoms with van der Waals surface area (Å²) in [6, 6.07) is 16.8. The van der Waals surface area contributed by atoms with Crippen LogP contribution in [0.1, 0.15) is 23.7 Å². The summed E-state index contributed by atoms with van der Waals surface area (Å²) >= 11 is 3.45. The molecule has 0 aliphatic heterocycles. The maximum atomic E-state index is 12.6. The number of nitrogens with zero attached hydrogens (tertiary/aromatic N) is 1. The first-order valence-electron chi connectivity index (χ1n) is 8.68. The molecule has 138 valence electrons. The van der Waals surface area contributed by atoms with Gasteiger partial charge in [-0.15, -0.1) is 0 Å². The van der Waals surface area contributed by atoms with Gasteiger partial charge in [-0.05, 0) is 30.7 Å². The average molecular weight is 427 g/mol. The van der Waals surface area contributed by atoms with E-state index in [1.54, 1.807) is 6.07 Å². The molecule has 0 radical (unpaired) electrons. The van der Waals surface area contributed by atoms with E-state index in [0.29, 0.717) is 28.7 Å². The Kier molecular flexibility index (Phi) is 6.19. The molecule has 0 unspecified atom stereocenters. The predicted molar refractivity (Wildman–Crippen MR) is 108 cm³/mol. The normalized spacial score (nSPS) is 10.6. The maximum absolute atomic E-state index is 12.6. The fourth-order valence-electron chi connectivity index (χ4n) is 2.66. The van der Waals surface area contributed by atoms with Crippen LogP contribution < -0.4 is 5.32 Å². The van der Waals surface area contributed by atoms with E-state index < -0.39 is 5.97 Å². The lowest BCUT2D eigenvalue weighted by atomic mass is 10.0. The molecule has 6 heteroatoms. The smallest absolute Gasteiger partial charge is 0.339 e. The molecule has 3 rings (SSSR count). The Labute approximate surface area is 165 Å². The predicted octanol–water partition coefficient (Wildman–Crippen LogP) is 4.35. The van der Waals surface area contributed by atoms with Crippen molar-refractivity contribution in [1.29, 1.82) is 0 Å². The number of rotatable bonds is 6. The monoisotopic (exact) mass is 426 g/mol. The molecule has 0 atom stereocenters. The Hall–Kier alpha value is -2.73. The summed E-state index contributed by atoms with van der Waals surface area (Å²) in [5.74, 6) is -0.854. The van der Waals surface area contributed by atoms with Gasteiger partial charge in [0.25, 0.3) is 5.91 Å². The second-order valence-electron chi connectivity index (χ2n) is 6.01. The number of benzene rings is 2. The zero-order valence-electron chi connectivity index (χ0n) is 14.9. The number of aromatic nitrogens is 1. The minimum absolute atomic E-state index is 0.304. The molecule has 0 aliphatic rings. The molecule has 27 heavy (non-hydrogen) atoms. The molecule has 1 amide bonds. The van der Waals surface area contributed by atoms with Crippen LogP contribution in [-0.4, -0.2) is 30.0 Å². The summed E-state index contributed by atoms with van der Waals surface area (Å²) in [6.45, 7) is 2.21. The van der Waals surface area contributed by atoms with Gasteiger partial charge in [-0.2, -0.15) is 0 Å². The third-order valence-corrected chi connectivity index (χ3v) is 4.46. The molecular formula is C21H19BrN2O3. The lowest BCUT2D eigenvalue weighted by molar-refractivity contribution is -0.124. The van der Waals surface area contributed by atoms with E-state index >= 15 is 0 Å². The van der Waals surface area contributed by atoms with Crippen LogP contribution >= 0.6 is 15.9 Å². The minimum atomic E-state index is -0.545. The molecule has 0 aliphatic carbocycles. The average Bonchev–Trinajstić information content (AvgIpc) is 2.69. The van der Waals surface area contributed by atoms with Gasteiger partial charge in [0, 0.05) is 22.0 Å². The molecule has 0 saturated heterocycles. The first-order chi connectivity index (χ1) is 13.1. The second kappa shape index (κ2) is 8.77. The number of pyridine rings is 1. The highest BCUT2D eigenvalue weighted by atomic mass is 79.9. The maximum Gasteiger partial charge on any atom is 0.339 e. The van der Waals surface area contributed by atoms with E-state index in [-0.39, 0.29) is 12.5 Å². The van der Waals surface area contributed by atoms with E-state index in [2.05, 4.69) is 26.2 Å². The van der Waals surface area contributed by atoms with E-state index in [4.69, 9.17) is 4.74 Å². The van der Waals surface area contributed by atoms with E-state index in [0.717, 1.165) is 16.5 Å². The molecular weight excluding hydrogens is 408 g/mol. The molecule has 0 spiro atoms. The fraction of sp³-hybridized carbons (Fsp3) is 0.190. The molecule has 3 aromatic rings. The number of carbonyl (C=O) groups is 2. The number of amides is 1. The highest BCUT2D eigenvalue weighted by molar-refractivity contribution is 9.10. The van der Waals surface area contributed by atoms with Crippen LogP contribution in [0.25, 0.3) is 22.2 Å². The van der Waals surface area contributed by atoms with Gasteiger partial charge in [0.1, 0.15) is 0 Å². The Morgan fingerprint density at radius 1 is 1.11 bits per heavy atom. The van der Waals surface area contributed by atoms with Crippen molar-refractivity contribution in [3.05, 3.63) is 64.6 Å². The SMILES string of the molecule is CCCNC(=O)COC(=O)c1cc(-c2cccc(Br)c2)nc2ccccc12. The second-order valence-corrected chi connectivity index (χ2v) is 6.92. The lowest BCUT2D eigenvalue weighted by Gasteiger charge is -2.10. The van der Waals surface area contributed by atoms with Gasteiger partial charge in [0.2, 0.25) is 0 Å². The third kappa shape index (κ3) is 4.71. The van der Waals surface area contributed by atoms with Gasteiger partial charge >= 0.3 is 5.97 Å². The number of hydrogen-bond donors (Lipinski definition) is 1. The number of esters is 1. The number of ether oxygens (including phenoxy) is 1. The summed E-state index contributed by atoms with van der Waals surface area (Å²) in [5.41, 5.74) is 2.62. The third-order valence-electron chi connectivity index (χ3n) is 3.96. The van der Waals surface area contributed by atoms with Gasteiger partial charge in [0.15, 0.2) is 6.61 Å². The van der Waals surface area contributed by atoms with Gasteiger partial charge < -0.3 is 10.1 Å². The van der Waals surface area contributed by atoms with Gasteiger partial charge in [0.05, 0.1) is 16.8 Å². The summed E-state index contributed by atoms with van der Waals surface area (Å²) in [5, 5.41) is 3.38. The molecule has 5 nitrogen and oxygen atoms in total. The van der Waals surface area contributed by atoms with E-state index in [9.17, 15) is 9.59 Å². The molecule has 1 N–H and O–H groups in total. The van der Waals surface area contributed by atoms with Crippen LogP contribution in [0, 0.1) is 0 Å². The van der Waals surface area contributed by atoms with E-state index in [1.807, 2.05) is 55.5 Å². The molecule has 0 bridgehead atoms. The molecule has 2 aromatic carbocycles. The van der Waals surface area contributed by atoms with Gasteiger partial charge in [-0.1, -0.05) is 53.2 Å². The largest absolute Gasteiger partial charge is 0.452 e. The Bertz CT molecular complexity index is 988. The zero-order valence-corrected chi connectivity index (χ0v) is 16.5. The van der Waals surface area contributed by atoms with Crippen LogP contribution in [0.3, 0.4) is 0 Å². The van der Waals surface area contributed by atoms with E-state index in [1.165, 1.54) is 0 Å². The molecule has 0 fully saturated rings. The topological polar surface area (TPSA) is 68.3 Å². The van der Waals surface area contributed by atoms with Crippen LogP contribution in [0.15, 0.2) is 59.1 Å². The van der Waals surface area contributed by atoms with Crippen LogP contribution in [0.4, 0.5) is 0 Å². The van der Waals surface area contributed by atoms with Crippen molar-refractivity contribution in [2.24, 2.45) is 0 Å². The number of fused-ring (bicyclic) bond motifs is 1. The van der Waals surface area contributed by atoms with Crippen molar-refractivity contribution in [3.8, 4) is 11.3 Å². The highest BCUT2D eigenvalue weighted by Crippen LogP contribution is 2.27. The molecule has 1 heterocycles. The minimum Gasteiger partial charge on any atom is -0.452 e. The Morgan fingerprint density at radius 2 is 1.93 bits per heavy atom. The highest BCUT2D eigenvalue weighted by Gasteiger charge is 2.16. The van der Waals surface area contributed by atoms with Crippen LogP contribution in [-0.2, 0) is 9.53 Å². The van der Waals surface area contributed by atoms with Crippen molar-refractivity contribution >= 4 is 38.7 Å². The Balaban J connectivity index is 1.93. The number of nitrogens with one attached hydrogen (secondary N) is 1. The number of hydrogen-bond acceptors (Lipinski definition) is 4. The Morgan fingerprint density at radius 3 is 2.70 bits per heavy atom. The number of para-hydroxylation sites is 1. The standard InChI is InChI=1S/C21H19BrN2O3/c1-2-10-23-20(25)13-27-21(26)17-12-19(14-6-5-7-15(22)11-14)24-18-9-4-3-8-16(17)18/h3-9,11-12H,2,10,13H2,1H3,(H,23,25). The van der Waals surface area contributed by atoms with Crippen LogP contribution in [0.5, 0.6) is 0 Å². The van der Waals surface area contributed by atoms with Crippen molar-refractivity contribution in [3.63, 3.8) is 0 Å². The quantitative estimate of drug-likeness (QED) is 0.594. The zero-order chi connectivity index (χ0) is 19.2. The van der Waals surface area contributed by atoms with Crippen molar-refractivity contribution in [1.82, 2.24) is 10.3 Å². The van der Waals surface area contributed by atoms with Gasteiger partial charge in [-0.3, -0.25) is 4.79 Å². The lowest BCUT2D eigenvalue weighted by Crippen LogP contribution is -2.29. The summed E-state index contributed by atoms with van der Waals surface area (Å²) in [7, 11) is 0. The fourth-order valence-corrected chi connectivity index (χ4v) is 3.06. The number of halogens is 1. The first-order valence-corrected chi connectivity index (χ1v) is 9.47. The van der Waals surface area contributed by atoms with Crippen LogP contribution in [0.2, 0.25) is 0 Å². The van der Waals surface area contributed by atoms with Crippen molar-refractivity contribution in [2.45, 2.75) is 13.3 Å². The van der Waals surface area contributed by atoms with Gasteiger partial charge in [-0.25, -0.2) is 9.78 Å². The summed E-state index contributed by atoms with van der Waals surface area (Å²) < 4.78 is 6.14. The van der Waals surface area contributed by atoms with Crippen molar-refractivity contribution in [2.75, 3.05) is 13.2 Å². The first kappa shape index (κ1) is 19.0. The van der Waals surface area contributed by atoms with Crippen molar-refractivity contribution < 1.29 is 14.3 Å². The summed E-state index contributed by atoms with van der Waals surface area (Å²) in [6.07, 6.45) is 0.824. The summed E-state index contributed by atoms with van der Waals surface area (Å²) in [4.78, 5) is 29.0. The number of carbonyl (C=O) groups excluding carboxylic acids is 2. The molecule has 0 saturated carbocycles.